The molecule has 0 saturated carbocycles. The van der Waals surface area contributed by atoms with Gasteiger partial charge in [0.1, 0.15) is 0 Å². The predicted octanol–water partition coefficient (Wildman–Crippen LogP) is 1.38. The van der Waals surface area contributed by atoms with Gasteiger partial charge in [-0.05, 0) is 6.92 Å². The normalized spacial score (nSPS) is 10.7. The predicted molar refractivity (Wildman–Crippen MR) is 55.4 cm³/mol. The van der Waals surface area contributed by atoms with Crippen molar-refractivity contribution in [3.05, 3.63) is 24.2 Å². The molecule has 0 unspecified atom stereocenters. The van der Waals surface area contributed by atoms with Crippen LogP contribution in [0, 0.1) is 0 Å². The Kier molecular flexibility index (Phi) is 2.62. The number of rotatable bonds is 3. The highest BCUT2D eigenvalue weighted by molar-refractivity contribution is 9.08. The fraction of sp³-hybridized carbons (Fsp3) is 0.375. The van der Waals surface area contributed by atoms with E-state index >= 15 is 0 Å². The minimum absolute atomic E-state index is 0.710. The van der Waals surface area contributed by atoms with Crippen molar-refractivity contribution in [2.24, 2.45) is 0 Å². The maximum absolute atomic E-state index is 4.31. The molecule has 0 saturated heterocycles. The van der Waals surface area contributed by atoms with E-state index < -0.39 is 0 Å². The van der Waals surface area contributed by atoms with Gasteiger partial charge in [-0.1, -0.05) is 21.1 Å². The Bertz CT molecular complexity index is 379. The standard InChI is InChI=1S/C8H10BrN5/c1-2-13-4-3-8(11-13)14-6-7(5-9)10-12-14/h3-4,6H,2,5H2,1H3. The van der Waals surface area contributed by atoms with Gasteiger partial charge < -0.3 is 0 Å². The molecule has 0 atom stereocenters. The Balaban J connectivity index is 2.29. The molecule has 0 fully saturated rings. The van der Waals surface area contributed by atoms with E-state index in [2.05, 4.69) is 31.3 Å². The highest BCUT2D eigenvalue weighted by Gasteiger charge is 2.03. The summed E-state index contributed by atoms with van der Waals surface area (Å²) in [6.07, 6.45) is 3.78. The van der Waals surface area contributed by atoms with Crippen LogP contribution >= 0.6 is 15.9 Å². The highest BCUT2D eigenvalue weighted by atomic mass is 79.9. The van der Waals surface area contributed by atoms with Gasteiger partial charge in [0, 0.05) is 24.1 Å². The quantitative estimate of drug-likeness (QED) is 0.779. The number of nitrogens with zero attached hydrogens (tertiary/aromatic N) is 5. The van der Waals surface area contributed by atoms with Crippen LogP contribution in [0.5, 0.6) is 0 Å². The van der Waals surface area contributed by atoms with Gasteiger partial charge in [0.25, 0.3) is 0 Å². The number of alkyl halides is 1. The summed E-state index contributed by atoms with van der Waals surface area (Å²) < 4.78 is 3.52. The molecular weight excluding hydrogens is 246 g/mol. The maximum Gasteiger partial charge on any atom is 0.176 e. The topological polar surface area (TPSA) is 48.5 Å². The van der Waals surface area contributed by atoms with E-state index in [1.165, 1.54) is 0 Å². The maximum atomic E-state index is 4.31. The molecular formula is C8H10BrN5. The molecule has 2 aromatic heterocycles. The first-order valence-electron chi connectivity index (χ1n) is 4.34. The van der Waals surface area contributed by atoms with Crippen LogP contribution in [-0.2, 0) is 11.9 Å². The molecule has 0 radical (unpaired) electrons. The van der Waals surface area contributed by atoms with Gasteiger partial charge >= 0.3 is 0 Å². The van der Waals surface area contributed by atoms with Crippen LogP contribution in [0.25, 0.3) is 5.82 Å². The lowest BCUT2D eigenvalue weighted by Crippen LogP contribution is -1.99. The summed E-state index contributed by atoms with van der Waals surface area (Å²) in [5.74, 6) is 0.798. The average molecular weight is 256 g/mol. The summed E-state index contributed by atoms with van der Waals surface area (Å²) in [5.41, 5.74) is 0.899. The minimum atomic E-state index is 0.710. The van der Waals surface area contributed by atoms with Crippen LogP contribution < -0.4 is 0 Å². The van der Waals surface area contributed by atoms with Crippen LogP contribution in [0.15, 0.2) is 18.5 Å². The van der Waals surface area contributed by atoms with Crippen molar-refractivity contribution in [3.8, 4) is 5.82 Å². The molecule has 0 spiro atoms. The van der Waals surface area contributed by atoms with Crippen molar-refractivity contribution in [3.63, 3.8) is 0 Å². The molecule has 6 heteroatoms. The highest BCUT2D eigenvalue weighted by Crippen LogP contribution is 2.05. The van der Waals surface area contributed by atoms with E-state index in [9.17, 15) is 0 Å². The molecule has 0 amide bonds. The van der Waals surface area contributed by atoms with Gasteiger partial charge in [-0.25, -0.2) is 4.68 Å². The Labute approximate surface area is 89.9 Å². The molecule has 0 N–H and O–H groups in total. The van der Waals surface area contributed by atoms with Crippen LogP contribution in [-0.4, -0.2) is 24.8 Å². The lowest BCUT2D eigenvalue weighted by atomic mass is 10.5. The van der Waals surface area contributed by atoms with Gasteiger partial charge in [-0.15, -0.1) is 5.10 Å². The fourth-order valence-corrected chi connectivity index (χ4v) is 1.38. The largest absolute Gasteiger partial charge is 0.271 e. The molecule has 2 heterocycles. The molecule has 0 aliphatic carbocycles. The smallest absolute Gasteiger partial charge is 0.176 e. The van der Waals surface area contributed by atoms with Crippen molar-refractivity contribution in [1.82, 2.24) is 24.8 Å². The van der Waals surface area contributed by atoms with Crippen LogP contribution in [0.3, 0.4) is 0 Å². The summed E-state index contributed by atoms with van der Waals surface area (Å²) in [6.45, 7) is 2.90. The first-order chi connectivity index (χ1) is 6.83. The van der Waals surface area contributed by atoms with Crippen LogP contribution in [0.2, 0.25) is 0 Å². The number of aromatic nitrogens is 5. The van der Waals surface area contributed by atoms with Crippen LogP contribution in [0.1, 0.15) is 12.6 Å². The van der Waals surface area contributed by atoms with Crippen molar-refractivity contribution in [1.29, 1.82) is 0 Å². The Morgan fingerprint density at radius 3 is 2.93 bits per heavy atom. The van der Waals surface area contributed by atoms with Gasteiger partial charge in [-0.2, -0.15) is 5.10 Å². The zero-order valence-corrected chi connectivity index (χ0v) is 9.35. The lowest BCUT2D eigenvalue weighted by Gasteiger charge is -1.93. The van der Waals surface area contributed by atoms with Crippen molar-refractivity contribution < 1.29 is 0 Å². The van der Waals surface area contributed by atoms with Gasteiger partial charge in [0.05, 0.1) is 11.9 Å². The number of halogens is 1. The summed E-state index contributed by atoms with van der Waals surface area (Å²) >= 11 is 3.32. The second kappa shape index (κ2) is 3.91. The van der Waals surface area contributed by atoms with E-state index in [1.807, 2.05) is 30.1 Å². The SMILES string of the molecule is CCn1ccc(-n2cc(CBr)nn2)n1. The molecule has 0 bridgehead atoms. The summed E-state index contributed by atoms with van der Waals surface area (Å²) in [4.78, 5) is 0. The molecule has 0 aliphatic rings. The number of aryl methyl sites for hydroxylation is 1. The monoisotopic (exact) mass is 255 g/mol. The number of hydrogen-bond donors (Lipinski definition) is 0. The van der Waals surface area contributed by atoms with Gasteiger partial charge in [-0.3, -0.25) is 4.68 Å². The zero-order valence-electron chi connectivity index (χ0n) is 7.76. The van der Waals surface area contributed by atoms with E-state index in [0.717, 1.165) is 18.1 Å². The third-order valence-electron chi connectivity index (χ3n) is 1.86. The van der Waals surface area contributed by atoms with Gasteiger partial charge in [0.2, 0.25) is 0 Å². The molecule has 5 nitrogen and oxygen atoms in total. The van der Waals surface area contributed by atoms with Crippen molar-refractivity contribution in [2.75, 3.05) is 0 Å². The Hall–Kier alpha value is -1.17. The average Bonchev–Trinajstić information content (AvgIpc) is 2.86. The molecule has 0 aliphatic heterocycles. The molecule has 74 valence electrons. The molecule has 2 rings (SSSR count). The van der Waals surface area contributed by atoms with Crippen molar-refractivity contribution in [2.45, 2.75) is 18.8 Å². The number of hydrogen-bond acceptors (Lipinski definition) is 3. The van der Waals surface area contributed by atoms with Gasteiger partial charge in [0.15, 0.2) is 5.82 Å². The Morgan fingerprint density at radius 2 is 2.36 bits per heavy atom. The van der Waals surface area contributed by atoms with Crippen LogP contribution in [0.4, 0.5) is 0 Å². The van der Waals surface area contributed by atoms with E-state index in [1.54, 1.807) is 4.68 Å². The van der Waals surface area contributed by atoms with E-state index in [-0.39, 0.29) is 0 Å². The van der Waals surface area contributed by atoms with E-state index in [0.29, 0.717) is 5.33 Å². The first kappa shape index (κ1) is 9.39. The zero-order chi connectivity index (χ0) is 9.97. The second-order valence-corrected chi connectivity index (χ2v) is 3.38. The summed E-state index contributed by atoms with van der Waals surface area (Å²) in [5, 5.41) is 12.9. The molecule has 2 aromatic rings. The Morgan fingerprint density at radius 1 is 1.50 bits per heavy atom. The lowest BCUT2D eigenvalue weighted by molar-refractivity contribution is 0.642. The fourth-order valence-electron chi connectivity index (χ4n) is 1.12. The third kappa shape index (κ3) is 1.70. The summed E-state index contributed by atoms with van der Waals surface area (Å²) in [6, 6.07) is 1.91. The minimum Gasteiger partial charge on any atom is -0.271 e. The molecule has 14 heavy (non-hydrogen) atoms. The van der Waals surface area contributed by atoms with E-state index in [4.69, 9.17) is 0 Å². The second-order valence-electron chi connectivity index (χ2n) is 2.82. The third-order valence-corrected chi connectivity index (χ3v) is 2.44. The first-order valence-corrected chi connectivity index (χ1v) is 5.46. The van der Waals surface area contributed by atoms with Crippen molar-refractivity contribution >= 4 is 15.9 Å². The molecule has 0 aromatic carbocycles. The summed E-state index contributed by atoms with van der Waals surface area (Å²) in [7, 11) is 0.